The van der Waals surface area contributed by atoms with Gasteiger partial charge in [0.15, 0.2) is 0 Å². The van der Waals surface area contributed by atoms with Crippen molar-refractivity contribution in [1.29, 1.82) is 0 Å². The van der Waals surface area contributed by atoms with E-state index in [1.165, 1.54) is 16.0 Å². The van der Waals surface area contributed by atoms with Gasteiger partial charge in [-0.1, -0.05) is 24.6 Å². The maximum Gasteiger partial charge on any atom is 0.257 e. The second kappa shape index (κ2) is 9.28. The van der Waals surface area contributed by atoms with Gasteiger partial charge in [0.25, 0.3) is 5.91 Å². The van der Waals surface area contributed by atoms with Gasteiger partial charge in [0.1, 0.15) is 0 Å². The van der Waals surface area contributed by atoms with Gasteiger partial charge in [-0.2, -0.15) is 5.10 Å². The van der Waals surface area contributed by atoms with Gasteiger partial charge in [-0.25, -0.2) is 8.82 Å². The molecule has 32 heavy (non-hydrogen) atoms. The number of pyridine rings is 1. The first-order valence-electron chi connectivity index (χ1n) is 11.8. The number of nitrogens with zero attached hydrogens (tertiary/aromatic N) is 4. The normalized spacial score (nSPS) is 19.0. The number of piperidine rings is 2. The van der Waals surface area contributed by atoms with Gasteiger partial charge in [0.05, 0.1) is 17.3 Å². The lowest BCUT2D eigenvalue weighted by molar-refractivity contribution is 0.0699. The van der Waals surface area contributed by atoms with E-state index in [0.717, 1.165) is 62.9 Å². The molecule has 6 heteroatoms. The Morgan fingerprint density at radius 3 is 2.44 bits per heavy atom. The van der Waals surface area contributed by atoms with Crippen molar-refractivity contribution in [2.45, 2.75) is 50.3 Å². The average Bonchev–Trinajstić information content (AvgIpc) is 3.24. The van der Waals surface area contributed by atoms with Crippen molar-refractivity contribution in [2.24, 2.45) is 5.92 Å². The fraction of sp³-hybridized carbons (Fsp3) is 0.462. The van der Waals surface area contributed by atoms with Gasteiger partial charge in [-0.3, -0.25) is 4.79 Å². The molecule has 0 atom stereocenters. The molecule has 0 N–H and O–H groups in total. The first-order chi connectivity index (χ1) is 15.6. The zero-order valence-electron chi connectivity index (χ0n) is 19.0. The van der Waals surface area contributed by atoms with Crippen LogP contribution in [-0.2, 0) is 0 Å². The third kappa shape index (κ3) is 4.57. The molecule has 1 aromatic carbocycles. The van der Waals surface area contributed by atoms with Crippen molar-refractivity contribution in [3.63, 3.8) is 0 Å². The Hall–Kier alpha value is -2.31. The summed E-state index contributed by atoms with van der Waals surface area (Å²) in [5, 5.41) is 4.46. The van der Waals surface area contributed by atoms with Crippen LogP contribution < -0.4 is 0 Å². The quantitative estimate of drug-likeness (QED) is 0.501. The summed E-state index contributed by atoms with van der Waals surface area (Å²) in [6.45, 7) is 8.26. The van der Waals surface area contributed by atoms with E-state index in [4.69, 9.17) is 0 Å². The molecule has 2 aliphatic heterocycles. The highest BCUT2D eigenvalue weighted by Gasteiger charge is 2.25. The Kier molecular flexibility index (Phi) is 6.24. The van der Waals surface area contributed by atoms with E-state index in [2.05, 4.69) is 59.6 Å². The maximum atomic E-state index is 13.2. The number of hydrogen-bond donors (Lipinski definition) is 0. The number of aromatic nitrogens is 2. The Labute approximate surface area is 194 Å². The van der Waals surface area contributed by atoms with Crippen molar-refractivity contribution >= 4 is 23.4 Å². The molecule has 4 heterocycles. The highest BCUT2D eigenvalue weighted by atomic mass is 32.2. The second-order valence-corrected chi connectivity index (χ2v) is 10.6. The fourth-order valence-corrected chi connectivity index (χ4v) is 5.78. The highest BCUT2D eigenvalue weighted by molar-refractivity contribution is 7.97. The number of fused-ring (bicyclic) bond motifs is 1. The molecule has 0 spiro atoms. The molecule has 2 aromatic heterocycles. The maximum absolute atomic E-state index is 13.2. The fourth-order valence-electron chi connectivity index (χ4n) is 4.83. The Balaban J connectivity index is 1.26. The lowest BCUT2D eigenvalue weighted by atomic mass is 9.90. The molecule has 3 aromatic rings. The predicted molar refractivity (Wildman–Crippen MR) is 130 cm³/mol. The number of aryl methyl sites for hydroxylation is 1. The van der Waals surface area contributed by atoms with Crippen LogP contribution in [-0.4, -0.2) is 50.9 Å². The molecule has 0 saturated carbocycles. The Morgan fingerprint density at radius 1 is 1.00 bits per heavy atom. The highest BCUT2D eigenvalue weighted by Crippen LogP contribution is 2.34. The van der Waals surface area contributed by atoms with Crippen molar-refractivity contribution in [3.05, 3.63) is 65.5 Å². The summed E-state index contributed by atoms with van der Waals surface area (Å²) in [6.07, 6.45) is 8.23. The number of hydrogen-bond acceptors (Lipinski definition) is 4. The molecule has 5 nitrogen and oxygen atoms in total. The average molecular weight is 449 g/mol. The monoisotopic (exact) mass is 448 g/mol. The summed E-state index contributed by atoms with van der Waals surface area (Å²) < 4.78 is 4.33. The Bertz CT molecular complexity index is 1080. The Morgan fingerprint density at radius 2 is 1.72 bits per heavy atom. The molecule has 0 unspecified atom stereocenters. The molecular weight excluding hydrogens is 416 g/mol. The largest absolute Gasteiger partial charge is 0.339 e. The van der Waals surface area contributed by atoms with Crippen LogP contribution in [0.15, 0.2) is 53.7 Å². The first kappa shape index (κ1) is 21.5. The number of carbonyl (C=O) groups excluding carboxylic acids is 1. The summed E-state index contributed by atoms with van der Waals surface area (Å²) in [7, 11) is 0. The van der Waals surface area contributed by atoms with Gasteiger partial charge in [-0.05, 0) is 86.2 Å². The minimum Gasteiger partial charge on any atom is -0.339 e. The van der Waals surface area contributed by atoms with Gasteiger partial charge < -0.3 is 4.90 Å². The second-order valence-electron chi connectivity index (χ2n) is 9.43. The van der Waals surface area contributed by atoms with E-state index in [1.54, 1.807) is 6.20 Å². The molecule has 0 aliphatic carbocycles. The van der Waals surface area contributed by atoms with Crippen LogP contribution in [0.25, 0.3) is 5.52 Å². The molecule has 0 radical (unpaired) electrons. The topological polar surface area (TPSA) is 40.9 Å². The molecule has 5 rings (SSSR count). The number of carbonyl (C=O) groups is 1. The third-order valence-corrected chi connectivity index (χ3v) is 8.13. The van der Waals surface area contributed by atoms with E-state index in [9.17, 15) is 4.79 Å². The summed E-state index contributed by atoms with van der Waals surface area (Å²) in [6, 6.07) is 13.2. The van der Waals surface area contributed by atoms with Crippen LogP contribution in [0.1, 0.15) is 60.0 Å². The zero-order chi connectivity index (χ0) is 22.1. The van der Waals surface area contributed by atoms with Crippen molar-refractivity contribution < 1.29 is 4.79 Å². The van der Waals surface area contributed by atoms with Gasteiger partial charge >= 0.3 is 0 Å². The molecule has 168 valence electrons. The van der Waals surface area contributed by atoms with E-state index in [1.807, 2.05) is 27.6 Å². The van der Waals surface area contributed by atoms with E-state index in [0.29, 0.717) is 11.8 Å². The molecule has 2 fully saturated rings. The summed E-state index contributed by atoms with van der Waals surface area (Å²) in [4.78, 5) is 16.5. The standard InChI is InChI=1S/C26H32N4OS/c1-19-3-5-23(6-4-19)32-29-14-9-21(10-15-29)22-11-16-30-25(17-22)24(18-27-30)26(31)28-12-7-20(2)8-13-28/h3-6,11,16-18,20-21H,7-10,12-15H2,1-2H3. The number of amides is 1. The minimum atomic E-state index is 0.133. The van der Waals surface area contributed by atoms with Crippen molar-refractivity contribution in [1.82, 2.24) is 18.8 Å². The minimum absolute atomic E-state index is 0.133. The van der Waals surface area contributed by atoms with Crippen LogP contribution in [0.3, 0.4) is 0 Å². The van der Waals surface area contributed by atoms with Gasteiger partial charge in [-0.15, -0.1) is 0 Å². The summed E-state index contributed by atoms with van der Waals surface area (Å²) in [5.74, 6) is 1.38. The predicted octanol–water partition coefficient (Wildman–Crippen LogP) is 5.40. The summed E-state index contributed by atoms with van der Waals surface area (Å²) >= 11 is 1.87. The first-order valence-corrected chi connectivity index (χ1v) is 12.6. The molecule has 2 saturated heterocycles. The van der Waals surface area contributed by atoms with Crippen LogP contribution >= 0.6 is 11.9 Å². The number of benzene rings is 1. The lowest BCUT2D eigenvalue weighted by Gasteiger charge is -2.31. The van der Waals surface area contributed by atoms with E-state index >= 15 is 0 Å². The van der Waals surface area contributed by atoms with E-state index < -0.39 is 0 Å². The number of rotatable bonds is 4. The van der Waals surface area contributed by atoms with Crippen LogP contribution in [0.4, 0.5) is 0 Å². The van der Waals surface area contributed by atoms with Gasteiger partial charge in [0, 0.05) is 37.3 Å². The molecular formula is C26H32N4OS. The number of likely N-dealkylation sites (tertiary alicyclic amines) is 1. The van der Waals surface area contributed by atoms with Crippen molar-refractivity contribution in [2.75, 3.05) is 26.2 Å². The SMILES string of the molecule is Cc1ccc(SN2CCC(c3ccn4ncc(C(=O)N5CCC(C)CC5)c4c3)CC2)cc1. The van der Waals surface area contributed by atoms with Crippen molar-refractivity contribution in [3.8, 4) is 0 Å². The molecule has 2 aliphatic rings. The third-order valence-electron chi connectivity index (χ3n) is 7.03. The van der Waals surface area contributed by atoms with Crippen LogP contribution in [0.5, 0.6) is 0 Å². The molecule has 1 amide bonds. The van der Waals surface area contributed by atoms with E-state index in [-0.39, 0.29) is 5.91 Å². The zero-order valence-corrected chi connectivity index (χ0v) is 19.9. The van der Waals surface area contributed by atoms with Gasteiger partial charge in [0.2, 0.25) is 0 Å². The molecule has 0 bridgehead atoms. The smallest absolute Gasteiger partial charge is 0.257 e. The van der Waals surface area contributed by atoms with Crippen LogP contribution in [0.2, 0.25) is 0 Å². The summed E-state index contributed by atoms with van der Waals surface area (Å²) in [5.41, 5.74) is 4.33. The van der Waals surface area contributed by atoms with Crippen LogP contribution in [0, 0.1) is 12.8 Å². The lowest BCUT2D eigenvalue weighted by Crippen LogP contribution is -2.37.